The van der Waals surface area contributed by atoms with E-state index in [-0.39, 0.29) is 12.2 Å². The minimum Gasteiger partial charge on any atom is -0.459 e. The SMILES string of the molecule is C=C[C@@]1(C)CC(=O)[C@@]2(O)[C@H](C1)[C@@H](OC(C)=O)[C@@H](O)[C@@H]1C(C)(C)CC[C@H](O)[C@@]12C. The molecule has 8 atom stereocenters. The lowest BCUT2D eigenvalue weighted by molar-refractivity contribution is -0.304. The largest absolute Gasteiger partial charge is 0.459 e. The molecule has 158 valence electrons. The number of hydrogen-bond donors (Lipinski definition) is 3. The highest BCUT2D eigenvalue weighted by atomic mass is 16.6. The van der Waals surface area contributed by atoms with E-state index >= 15 is 0 Å². The fourth-order valence-corrected chi connectivity index (χ4v) is 6.70. The van der Waals surface area contributed by atoms with Crippen LogP contribution in [0.5, 0.6) is 0 Å². The predicted molar refractivity (Wildman–Crippen MR) is 103 cm³/mol. The van der Waals surface area contributed by atoms with E-state index in [0.717, 1.165) is 0 Å². The number of aliphatic hydroxyl groups excluding tert-OH is 2. The predicted octanol–water partition coefficient (Wildman–Crippen LogP) is 2.00. The lowest BCUT2D eigenvalue weighted by atomic mass is 9.39. The molecule has 0 radical (unpaired) electrons. The number of aliphatic hydroxyl groups is 3. The normalized spacial score (nSPS) is 50.3. The number of hydrogen-bond acceptors (Lipinski definition) is 6. The molecule has 0 unspecified atom stereocenters. The summed E-state index contributed by atoms with van der Waals surface area (Å²) in [5.41, 5.74) is -4.16. The molecule has 0 heterocycles. The first kappa shape index (κ1) is 21.5. The first-order valence-electron chi connectivity index (χ1n) is 10.2. The summed E-state index contributed by atoms with van der Waals surface area (Å²) in [5, 5.41) is 34.4. The Morgan fingerprint density at radius 3 is 2.39 bits per heavy atom. The summed E-state index contributed by atoms with van der Waals surface area (Å²) in [6.45, 7) is 12.6. The molecule has 3 fully saturated rings. The Hall–Kier alpha value is -1.24. The van der Waals surface area contributed by atoms with Crippen molar-refractivity contribution in [2.45, 2.75) is 84.2 Å². The number of carbonyl (C=O) groups is 2. The molecule has 3 rings (SSSR count). The highest BCUT2D eigenvalue weighted by molar-refractivity contribution is 5.91. The van der Waals surface area contributed by atoms with Crippen LogP contribution in [-0.2, 0) is 14.3 Å². The van der Waals surface area contributed by atoms with E-state index in [2.05, 4.69) is 6.58 Å². The first-order chi connectivity index (χ1) is 12.7. The maximum Gasteiger partial charge on any atom is 0.303 e. The molecule has 0 aromatic heterocycles. The number of carbonyl (C=O) groups excluding carboxylic acids is 2. The van der Waals surface area contributed by atoms with Gasteiger partial charge in [-0.25, -0.2) is 0 Å². The van der Waals surface area contributed by atoms with Gasteiger partial charge in [-0.1, -0.05) is 33.8 Å². The lowest BCUT2D eigenvalue weighted by Gasteiger charge is -2.68. The van der Waals surface area contributed by atoms with E-state index in [4.69, 9.17) is 4.74 Å². The van der Waals surface area contributed by atoms with Crippen molar-refractivity contribution >= 4 is 11.8 Å². The molecule has 3 aliphatic carbocycles. The molecular weight excluding hydrogens is 360 g/mol. The Labute approximate surface area is 167 Å². The van der Waals surface area contributed by atoms with E-state index in [0.29, 0.717) is 19.3 Å². The minimum atomic E-state index is -1.89. The number of fused-ring (bicyclic) bond motifs is 3. The molecule has 0 aliphatic heterocycles. The van der Waals surface area contributed by atoms with E-state index in [1.807, 2.05) is 20.8 Å². The lowest BCUT2D eigenvalue weighted by Crippen LogP contribution is -2.79. The molecule has 0 bridgehead atoms. The highest BCUT2D eigenvalue weighted by Gasteiger charge is 2.75. The fourth-order valence-electron chi connectivity index (χ4n) is 6.70. The quantitative estimate of drug-likeness (QED) is 0.489. The molecule has 0 aromatic carbocycles. The molecule has 6 nitrogen and oxygen atoms in total. The molecule has 28 heavy (non-hydrogen) atoms. The van der Waals surface area contributed by atoms with Crippen molar-refractivity contribution in [3.63, 3.8) is 0 Å². The third-order valence-corrected chi connectivity index (χ3v) is 8.15. The van der Waals surface area contributed by atoms with Crippen LogP contribution in [0.2, 0.25) is 0 Å². The average Bonchev–Trinajstić information content (AvgIpc) is 2.58. The van der Waals surface area contributed by atoms with Crippen LogP contribution in [0.3, 0.4) is 0 Å². The van der Waals surface area contributed by atoms with Crippen molar-refractivity contribution in [1.29, 1.82) is 0 Å². The summed E-state index contributed by atoms with van der Waals surface area (Å²) in [7, 11) is 0. The molecule has 0 aromatic rings. The topological polar surface area (TPSA) is 104 Å². The molecule has 0 saturated heterocycles. The second kappa shape index (κ2) is 6.38. The zero-order valence-electron chi connectivity index (χ0n) is 17.6. The molecule has 0 spiro atoms. The van der Waals surface area contributed by atoms with Gasteiger partial charge in [0.05, 0.1) is 12.2 Å². The van der Waals surface area contributed by atoms with Crippen LogP contribution in [0.1, 0.15) is 60.3 Å². The Morgan fingerprint density at radius 2 is 1.86 bits per heavy atom. The second-order valence-electron chi connectivity index (χ2n) is 10.4. The molecular formula is C22H34O6. The van der Waals surface area contributed by atoms with Gasteiger partial charge in [-0.15, -0.1) is 6.58 Å². The van der Waals surface area contributed by atoms with Gasteiger partial charge in [0, 0.05) is 30.6 Å². The molecule has 3 aliphatic rings. The van der Waals surface area contributed by atoms with Gasteiger partial charge in [0.1, 0.15) is 11.7 Å². The second-order valence-corrected chi connectivity index (χ2v) is 10.4. The number of ether oxygens (including phenoxy) is 1. The molecule has 0 amide bonds. The minimum absolute atomic E-state index is 0.0991. The Morgan fingerprint density at radius 1 is 1.25 bits per heavy atom. The van der Waals surface area contributed by atoms with Crippen LogP contribution in [-0.4, -0.2) is 51.0 Å². The van der Waals surface area contributed by atoms with Crippen molar-refractivity contribution < 1.29 is 29.6 Å². The number of allylic oxidation sites excluding steroid dienone is 1. The average molecular weight is 395 g/mol. The number of esters is 1. The number of rotatable bonds is 2. The maximum absolute atomic E-state index is 13.4. The molecule has 6 heteroatoms. The van der Waals surface area contributed by atoms with Gasteiger partial charge in [0.2, 0.25) is 0 Å². The summed E-state index contributed by atoms with van der Waals surface area (Å²) in [5.74, 6) is -2.37. The highest BCUT2D eigenvalue weighted by Crippen LogP contribution is 2.66. The summed E-state index contributed by atoms with van der Waals surface area (Å²) in [6, 6.07) is 0. The molecule has 3 saturated carbocycles. The van der Waals surface area contributed by atoms with Gasteiger partial charge in [-0.3, -0.25) is 9.59 Å². The van der Waals surface area contributed by atoms with Crippen LogP contribution in [0, 0.1) is 28.1 Å². The summed E-state index contributed by atoms with van der Waals surface area (Å²) in [6.07, 6.45) is 0.146. The van der Waals surface area contributed by atoms with Gasteiger partial charge < -0.3 is 20.1 Å². The summed E-state index contributed by atoms with van der Waals surface area (Å²) < 4.78 is 5.53. The van der Waals surface area contributed by atoms with Gasteiger partial charge in [0.15, 0.2) is 5.78 Å². The van der Waals surface area contributed by atoms with Crippen LogP contribution in [0.25, 0.3) is 0 Å². The van der Waals surface area contributed by atoms with Crippen molar-refractivity contribution in [3.05, 3.63) is 12.7 Å². The smallest absolute Gasteiger partial charge is 0.303 e. The Balaban J connectivity index is 2.24. The summed E-state index contributed by atoms with van der Waals surface area (Å²) in [4.78, 5) is 25.3. The Kier molecular flexibility index (Phi) is 4.89. The Bertz CT molecular complexity index is 701. The van der Waals surface area contributed by atoms with Gasteiger partial charge in [0.25, 0.3) is 0 Å². The van der Waals surface area contributed by atoms with Crippen LogP contribution < -0.4 is 0 Å². The third kappa shape index (κ3) is 2.64. The maximum atomic E-state index is 13.4. The monoisotopic (exact) mass is 394 g/mol. The third-order valence-electron chi connectivity index (χ3n) is 8.15. The van der Waals surface area contributed by atoms with Crippen LogP contribution in [0.4, 0.5) is 0 Å². The van der Waals surface area contributed by atoms with Gasteiger partial charge >= 0.3 is 5.97 Å². The fraction of sp³-hybridized carbons (Fsp3) is 0.818. The van der Waals surface area contributed by atoms with Gasteiger partial charge in [-0.05, 0) is 30.1 Å². The van der Waals surface area contributed by atoms with E-state index in [1.54, 1.807) is 13.0 Å². The molecule has 3 N–H and O–H groups in total. The zero-order valence-corrected chi connectivity index (χ0v) is 17.6. The standard InChI is InChI=1S/C22H34O6/c1-7-20(5)10-13-17(28-12(2)23)16(26)18-19(3,4)9-8-14(24)21(18,6)22(13,27)15(25)11-20/h7,13-14,16-18,24,26-27H,1,8-11H2,2-6H3/t13-,14+,16-,17-,18-,20-,21+,22+/m1/s1. The van der Waals surface area contributed by atoms with Crippen molar-refractivity contribution in [2.24, 2.45) is 28.1 Å². The number of Topliss-reactive ketones (excluding diaryl/α,β-unsaturated/α-hetero) is 1. The summed E-state index contributed by atoms with van der Waals surface area (Å²) >= 11 is 0. The van der Waals surface area contributed by atoms with E-state index in [1.165, 1.54) is 6.92 Å². The van der Waals surface area contributed by atoms with E-state index < -0.39 is 58.0 Å². The number of ketones is 1. The van der Waals surface area contributed by atoms with Crippen molar-refractivity contribution in [3.8, 4) is 0 Å². The first-order valence-corrected chi connectivity index (χ1v) is 10.2. The van der Waals surface area contributed by atoms with Crippen molar-refractivity contribution in [2.75, 3.05) is 0 Å². The van der Waals surface area contributed by atoms with E-state index in [9.17, 15) is 24.9 Å². The van der Waals surface area contributed by atoms with Crippen LogP contribution >= 0.6 is 0 Å². The zero-order chi connectivity index (χ0) is 21.3. The van der Waals surface area contributed by atoms with Crippen molar-refractivity contribution in [1.82, 2.24) is 0 Å². The van der Waals surface area contributed by atoms with Crippen LogP contribution in [0.15, 0.2) is 12.7 Å². The van der Waals surface area contributed by atoms with Gasteiger partial charge in [-0.2, -0.15) is 0 Å².